The molecule has 3 rings (SSSR count). The van der Waals surface area contributed by atoms with Crippen molar-refractivity contribution in [2.45, 2.75) is 19.5 Å². The molecule has 0 aliphatic heterocycles. The topological polar surface area (TPSA) is 9.23 Å². The Morgan fingerprint density at radius 1 is 0.950 bits per heavy atom. The lowest BCUT2D eigenvalue weighted by Crippen LogP contribution is -2.44. The number of benzene rings is 2. The predicted molar refractivity (Wildman–Crippen MR) is 88.2 cm³/mol. The maximum atomic E-state index is 5.58. The van der Waals surface area contributed by atoms with E-state index in [0.29, 0.717) is 0 Å². The molecule has 0 unspecified atom stereocenters. The number of allylic oxidation sites excluding steroid dienone is 1. The summed E-state index contributed by atoms with van der Waals surface area (Å²) in [5.41, 5.74) is 2.84. The van der Waals surface area contributed by atoms with Crippen molar-refractivity contribution in [3.63, 3.8) is 0 Å². The van der Waals surface area contributed by atoms with Crippen LogP contribution in [0.4, 0.5) is 0 Å². The average molecular weight is 280 g/mol. The van der Waals surface area contributed by atoms with Crippen LogP contribution in [0.1, 0.15) is 11.1 Å². The zero-order chi connectivity index (χ0) is 14.2. The van der Waals surface area contributed by atoms with Crippen LogP contribution in [0.2, 0.25) is 13.1 Å². The maximum Gasteiger partial charge on any atom is 0.118 e. The first-order chi connectivity index (χ1) is 9.63. The van der Waals surface area contributed by atoms with Crippen LogP contribution < -0.4 is 9.92 Å². The Bertz CT molecular complexity index is 671. The third-order valence-electron chi connectivity index (χ3n) is 4.35. The minimum atomic E-state index is -1.67. The van der Waals surface area contributed by atoms with E-state index in [1.54, 1.807) is 12.3 Å². The number of rotatable bonds is 3. The van der Waals surface area contributed by atoms with Crippen LogP contribution in [0, 0.1) is 0 Å². The molecule has 0 aromatic heterocycles. The molecule has 0 atom stereocenters. The second-order valence-electron chi connectivity index (χ2n) is 5.87. The summed E-state index contributed by atoms with van der Waals surface area (Å²) in [4.78, 5) is 0. The molecule has 1 nitrogen and oxygen atoms in total. The molecular formula is C18H20OSi. The summed E-state index contributed by atoms with van der Waals surface area (Å²) in [6.07, 6.45) is 3.49. The molecule has 102 valence electrons. The first-order valence-electron chi connectivity index (χ1n) is 7.05. The van der Waals surface area contributed by atoms with Crippen LogP contribution >= 0.6 is 0 Å². The fourth-order valence-electron chi connectivity index (χ4n) is 3.02. The zero-order valence-electron chi connectivity index (χ0n) is 12.3. The third kappa shape index (κ3) is 2.10. The zero-order valence-corrected chi connectivity index (χ0v) is 13.3. The molecule has 20 heavy (non-hydrogen) atoms. The van der Waals surface area contributed by atoms with E-state index >= 15 is 0 Å². The van der Waals surface area contributed by atoms with Gasteiger partial charge in [-0.3, -0.25) is 0 Å². The van der Waals surface area contributed by atoms with Crippen molar-refractivity contribution in [2.75, 3.05) is 7.11 Å². The molecule has 0 amide bonds. The summed E-state index contributed by atoms with van der Waals surface area (Å²) in [5, 5.41) is 2.98. The van der Waals surface area contributed by atoms with Gasteiger partial charge in [0, 0.05) is 0 Å². The Morgan fingerprint density at radius 3 is 2.40 bits per heavy atom. The Kier molecular flexibility index (Phi) is 3.26. The fraction of sp³-hybridized carbons (Fsp3) is 0.222. The maximum absolute atomic E-state index is 5.58. The van der Waals surface area contributed by atoms with E-state index in [0.717, 1.165) is 12.2 Å². The van der Waals surface area contributed by atoms with Gasteiger partial charge >= 0.3 is 0 Å². The van der Waals surface area contributed by atoms with Gasteiger partial charge in [-0.05, 0) is 28.8 Å². The van der Waals surface area contributed by atoms with Gasteiger partial charge in [0.15, 0.2) is 0 Å². The normalized spacial score (nSPS) is 13.8. The van der Waals surface area contributed by atoms with Crippen LogP contribution in [-0.2, 0) is 6.42 Å². The second-order valence-corrected chi connectivity index (χ2v) is 10.3. The van der Waals surface area contributed by atoms with Gasteiger partial charge in [-0.15, -0.1) is 0 Å². The van der Waals surface area contributed by atoms with Crippen molar-refractivity contribution in [3.05, 3.63) is 64.9 Å². The van der Waals surface area contributed by atoms with Crippen molar-refractivity contribution in [1.82, 2.24) is 0 Å². The Balaban J connectivity index is 2.02. The van der Waals surface area contributed by atoms with Gasteiger partial charge in [0.2, 0.25) is 0 Å². The fourth-order valence-corrected chi connectivity index (χ4v) is 5.82. The smallest absolute Gasteiger partial charge is 0.118 e. The molecule has 2 aromatic carbocycles. The lowest BCUT2D eigenvalue weighted by atomic mass is 10.1. The van der Waals surface area contributed by atoms with Gasteiger partial charge in [-0.1, -0.05) is 66.8 Å². The second kappa shape index (κ2) is 4.95. The summed E-state index contributed by atoms with van der Waals surface area (Å²) < 4.78 is 5.58. The van der Waals surface area contributed by atoms with E-state index < -0.39 is 8.07 Å². The van der Waals surface area contributed by atoms with Gasteiger partial charge in [0.1, 0.15) is 13.8 Å². The van der Waals surface area contributed by atoms with E-state index in [9.17, 15) is 0 Å². The molecular weight excluding hydrogens is 260 g/mol. The van der Waals surface area contributed by atoms with Crippen LogP contribution in [-0.4, -0.2) is 15.2 Å². The summed E-state index contributed by atoms with van der Waals surface area (Å²) in [6.45, 7) is 4.84. The first-order valence-corrected chi connectivity index (χ1v) is 10.1. The van der Waals surface area contributed by atoms with E-state index in [1.165, 1.54) is 16.3 Å². The molecule has 1 aliphatic rings. The molecule has 0 N–H and O–H groups in total. The minimum absolute atomic E-state index is 1.03. The van der Waals surface area contributed by atoms with Crippen LogP contribution in [0.25, 0.3) is 6.08 Å². The summed E-state index contributed by atoms with van der Waals surface area (Å²) in [6, 6.07) is 17.2. The van der Waals surface area contributed by atoms with Crippen molar-refractivity contribution in [3.8, 4) is 5.75 Å². The van der Waals surface area contributed by atoms with Gasteiger partial charge < -0.3 is 4.74 Å². The molecule has 0 saturated heterocycles. The van der Waals surface area contributed by atoms with E-state index in [2.05, 4.69) is 61.6 Å². The van der Waals surface area contributed by atoms with Crippen molar-refractivity contribution >= 4 is 19.3 Å². The highest BCUT2D eigenvalue weighted by molar-refractivity contribution is 6.96. The number of fused-ring (bicyclic) bond motifs is 1. The van der Waals surface area contributed by atoms with Crippen LogP contribution in [0.15, 0.2) is 53.7 Å². The van der Waals surface area contributed by atoms with Crippen molar-refractivity contribution in [1.29, 1.82) is 0 Å². The van der Waals surface area contributed by atoms with E-state index in [-0.39, 0.29) is 0 Å². The average Bonchev–Trinajstić information content (AvgIpc) is 2.92. The molecule has 0 radical (unpaired) electrons. The SMILES string of the molecule is COc1ccccc1[Si](C)(C)C1=Cc2ccccc2C1. The molecule has 1 aliphatic carbocycles. The molecule has 0 spiro atoms. The summed E-state index contributed by atoms with van der Waals surface area (Å²) >= 11 is 0. The molecule has 2 heteroatoms. The van der Waals surface area contributed by atoms with Gasteiger partial charge in [-0.2, -0.15) is 0 Å². The van der Waals surface area contributed by atoms with Gasteiger partial charge in [0.25, 0.3) is 0 Å². The number of para-hydroxylation sites is 1. The Labute approximate surface area is 121 Å². The number of hydrogen-bond acceptors (Lipinski definition) is 1. The number of ether oxygens (including phenoxy) is 1. The van der Waals surface area contributed by atoms with Gasteiger partial charge in [0.05, 0.1) is 7.11 Å². The highest BCUT2D eigenvalue weighted by atomic mass is 28.3. The monoisotopic (exact) mass is 280 g/mol. The highest BCUT2D eigenvalue weighted by Gasteiger charge is 2.33. The third-order valence-corrected chi connectivity index (χ3v) is 8.04. The predicted octanol–water partition coefficient (Wildman–Crippen LogP) is 3.79. The highest BCUT2D eigenvalue weighted by Crippen LogP contribution is 2.32. The van der Waals surface area contributed by atoms with Crippen LogP contribution in [0.5, 0.6) is 5.75 Å². The Hall–Kier alpha value is -1.80. The number of hydrogen-bond donors (Lipinski definition) is 0. The van der Waals surface area contributed by atoms with Crippen LogP contribution in [0.3, 0.4) is 0 Å². The molecule has 0 saturated carbocycles. The number of methoxy groups -OCH3 is 1. The molecule has 2 aromatic rings. The van der Waals surface area contributed by atoms with E-state index in [1.807, 2.05) is 6.07 Å². The molecule has 0 fully saturated rings. The minimum Gasteiger partial charge on any atom is -0.497 e. The quantitative estimate of drug-likeness (QED) is 0.777. The largest absolute Gasteiger partial charge is 0.497 e. The lowest BCUT2D eigenvalue weighted by molar-refractivity contribution is 0.418. The molecule has 0 heterocycles. The van der Waals surface area contributed by atoms with Gasteiger partial charge in [-0.25, -0.2) is 0 Å². The first kappa shape index (κ1) is 13.2. The Morgan fingerprint density at radius 2 is 1.65 bits per heavy atom. The van der Waals surface area contributed by atoms with E-state index in [4.69, 9.17) is 4.74 Å². The summed E-state index contributed by atoms with van der Waals surface area (Å²) in [5.74, 6) is 1.03. The molecule has 0 bridgehead atoms. The summed E-state index contributed by atoms with van der Waals surface area (Å²) in [7, 11) is 0.0914. The van der Waals surface area contributed by atoms with Crippen molar-refractivity contribution < 1.29 is 4.74 Å². The lowest BCUT2D eigenvalue weighted by Gasteiger charge is -2.26. The standard InChI is InChI=1S/C18H20OSi/c1-19-17-10-6-7-11-18(17)20(2,3)16-12-14-8-4-5-9-15(14)13-16/h4-12H,13H2,1-3H3. The van der Waals surface area contributed by atoms with Crippen molar-refractivity contribution in [2.24, 2.45) is 0 Å².